The highest BCUT2D eigenvalue weighted by Crippen LogP contribution is 2.11. The molecule has 6 nitrogen and oxygen atoms in total. The smallest absolute Gasteiger partial charge is 0.308 e. The minimum atomic E-state index is -0.398. The number of hydrazine groups is 2. The van der Waals surface area contributed by atoms with Gasteiger partial charge in [0.1, 0.15) is 0 Å². The summed E-state index contributed by atoms with van der Waals surface area (Å²) in [4.78, 5) is 11.9. The van der Waals surface area contributed by atoms with Gasteiger partial charge in [-0.25, -0.2) is 5.01 Å². The van der Waals surface area contributed by atoms with Gasteiger partial charge in [0.05, 0.1) is 13.2 Å². The lowest BCUT2D eigenvalue weighted by Crippen LogP contribution is -2.37. The van der Waals surface area contributed by atoms with Gasteiger partial charge in [0.15, 0.2) is 5.70 Å². The Labute approximate surface area is 105 Å². The molecule has 1 aromatic carbocycles. The minimum absolute atomic E-state index is 0.0211. The molecule has 18 heavy (non-hydrogen) atoms. The van der Waals surface area contributed by atoms with Crippen LogP contribution in [0.1, 0.15) is 12.5 Å². The number of ether oxygens (including phenoxy) is 1. The number of carbonyl (C=O) groups is 1. The molecule has 3 N–H and O–H groups in total. The van der Waals surface area contributed by atoms with Gasteiger partial charge in [-0.15, -0.1) is 5.53 Å². The van der Waals surface area contributed by atoms with E-state index in [9.17, 15) is 9.90 Å². The lowest BCUT2D eigenvalue weighted by molar-refractivity contribution is -0.127. The molecular weight excluding hydrogens is 234 g/mol. The molecule has 0 saturated carbocycles. The zero-order valence-corrected chi connectivity index (χ0v) is 10.0. The molecule has 1 saturated heterocycles. The van der Waals surface area contributed by atoms with Gasteiger partial charge in [-0.2, -0.15) is 0 Å². The van der Waals surface area contributed by atoms with Gasteiger partial charge in [0, 0.05) is 0 Å². The first-order valence-corrected chi connectivity index (χ1v) is 5.66. The van der Waals surface area contributed by atoms with Crippen LogP contribution >= 0.6 is 0 Å². The van der Waals surface area contributed by atoms with E-state index in [-0.39, 0.29) is 11.6 Å². The maximum atomic E-state index is 11.9. The second-order valence-corrected chi connectivity index (χ2v) is 3.73. The van der Waals surface area contributed by atoms with Crippen molar-refractivity contribution in [2.75, 3.05) is 6.61 Å². The van der Waals surface area contributed by atoms with E-state index in [4.69, 9.17) is 4.74 Å². The molecule has 96 valence electrons. The highest BCUT2D eigenvalue weighted by molar-refractivity contribution is 5.94. The summed E-state index contributed by atoms with van der Waals surface area (Å²) in [6, 6.07) is 9.54. The van der Waals surface area contributed by atoms with Gasteiger partial charge in [0.25, 0.3) is 5.91 Å². The van der Waals surface area contributed by atoms with Crippen LogP contribution in [0.25, 0.3) is 0 Å². The van der Waals surface area contributed by atoms with Gasteiger partial charge in [-0.05, 0) is 12.5 Å². The molecule has 0 spiro atoms. The zero-order chi connectivity index (χ0) is 13.0. The Morgan fingerprint density at radius 3 is 2.78 bits per heavy atom. The van der Waals surface area contributed by atoms with E-state index in [0.717, 1.165) is 5.56 Å². The molecule has 0 atom stereocenters. The van der Waals surface area contributed by atoms with E-state index >= 15 is 0 Å². The van der Waals surface area contributed by atoms with E-state index in [1.807, 2.05) is 30.3 Å². The van der Waals surface area contributed by atoms with E-state index < -0.39 is 5.95 Å². The Kier molecular flexibility index (Phi) is 3.69. The van der Waals surface area contributed by atoms with Crippen molar-refractivity contribution in [3.8, 4) is 0 Å². The first kappa shape index (κ1) is 12.3. The summed E-state index contributed by atoms with van der Waals surface area (Å²) < 4.78 is 4.88. The quantitative estimate of drug-likeness (QED) is 0.544. The number of carbonyl (C=O) groups excluding carboxylic acids is 1. The Hall–Kier alpha value is -2.21. The molecule has 0 aliphatic carbocycles. The number of amides is 1. The van der Waals surface area contributed by atoms with Gasteiger partial charge < -0.3 is 9.84 Å². The number of aliphatic hydroxyl groups is 1. The van der Waals surface area contributed by atoms with Crippen LogP contribution in [0, 0.1) is 0 Å². The van der Waals surface area contributed by atoms with Crippen LogP contribution in [0.4, 0.5) is 0 Å². The molecule has 1 aliphatic heterocycles. The summed E-state index contributed by atoms with van der Waals surface area (Å²) in [7, 11) is 0. The fourth-order valence-corrected chi connectivity index (χ4v) is 1.59. The summed E-state index contributed by atoms with van der Waals surface area (Å²) >= 11 is 0. The molecule has 0 unspecified atom stereocenters. The van der Waals surface area contributed by atoms with Crippen LogP contribution in [0.5, 0.6) is 0 Å². The zero-order valence-electron chi connectivity index (χ0n) is 10.0. The van der Waals surface area contributed by atoms with Gasteiger partial charge >= 0.3 is 5.95 Å². The maximum Gasteiger partial charge on any atom is 0.308 e. The molecule has 6 heteroatoms. The average molecular weight is 249 g/mol. The number of nitrogens with one attached hydrogen (secondary N) is 2. The third-order valence-electron chi connectivity index (χ3n) is 2.45. The molecule has 0 aromatic heterocycles. The normalized spacial score (nSPS) is 17.6. The Bertz CT molecular complexity index is 459. The van der Waals surface area contributed by atoms with Gasteiger partial charge in [0.2, 0.25) is 0 Å². The summed E-state index contributed by atoms with van der Waals surface area (Å²) in [5.41, 5.74) is 6.28. The highest BCUT2D eigenvalue weighted by Gasteiger charge is 2.29. The number of aliphatic hydroxyl groups excluding tert-OH is 1. The number of hydrogen-bond acceptors (Lipinski definition) is 5. The Morgan fingerprint density at radius 2 is 2.11 bits per heavy atom. The minimum Gasteiger partial charge on any atom is -0.479 e. The van der Waals surface area contributed by atoms with Crippen LogP contribution in [0.2, 0.25) is 0 Å². The lowest BCUT2D eigenvalue weighted by Gasteiger charge is -2.13. The number of benzene rings is 1. The maximum absolute atomic E-state index is 11.9. The number of hydrogen-bond donors (Lipinski definition) is 3. The molecule has 0 radical (unpaired) electrons. The van der Waals surface area contributed by atoms with Crippen LogP contribution in [0.15, 0.2) is 42.0 Å². The first-order valence-electron chi connectivity index (χ1n) is 5.66. The molecule has 1 aromatic rings. The third-order valence-corrected chi connectivity index (χ3v) is 2.45. The number of nitrogens with zero attached hydrogens (tertiary/aromatic N) is 1. The lowest BCUT2D eigenvalue weighted by atomic mass is 10.2. The van der Waals surface area contributed by atoms with E-state index in [2.05, 4.69) is 11.0 Å². The molecule has 1 heterocycles. The van der Waals surface area contributed by atoms with Crippen LogP contribution < -0.4 is 11.0 Å². The monoisotopic (exact) mass is 249 g/mol. The van der Waals surface area contributed by atoms with E-state index in [1.165, 1.54) is 5.01 Å². The molecule has 1 amide bonds. The van der Waals surface area contributed by atoms with Gasteiger partial charge in [-0.1, -0.05) is 30.3 Å². The molecule has 0 bridgehead atoms. The van der Waals surface area contributed by atoms with E-state index in [1.54, 1.807) is 6.92 Å². The van der Waals surface area contributed by atoms with Crippen molar-refractivity contribution in [1.82, 2.24) is 16.0 Å². The van der Waals surface area contributed by atoms with Crippen LogP contribution in [-0.2, 0) is 16.1 Å². The fourth-order valence-electron chi connectivity index (χ4n) is 1.59. The molecule has 1 fully saturated rings. The summed E-state index contributed by atoms with van der Waals surface area (Å²) in [5, 5.41) is 10.9. The van der Waals surface area contributed by atoms with Crippen molar-refractivity contribution in [1.29, 1.82) is 0 Å². The van der Waals surface area contributed by atoms with E-state index in [0.29, 0.717) is 13.2 Å². The van der Waals surface area contributed by atoms with Crippen molar-refractivity contribution in [3.05, 3.63) is 47.5 Å². The second kappa shape index (κ2) is 5.42. The average Bonchev–Trinajstić information content (AvgIpc) is 2.73. The molecular formula is C12H15N3O3. The van der Waals surface area contributed by atoms with Crippen molar-refractivity contribution in [3.63, 3.8) is 0 Å². The second-order valence-electron chi connectivity index (χ2n) is 3.73. The first-order chi connectivity index (χ1) is 8.72. The van der Waals surface area contributed by atoms with Crippen molar-refractivity contribution in [2.24, 2.45) is 0 Å². The highest BCUT2D eigenvalue weighted by atomic mass is 16.6. The topological polar surface area (TPSA) is 73.8 Å². The summed E-state index contributed by atoms with van der Waals surface area (Å²) in [5.74, 6) is -0.754. The third kappa shape index (κ3) is 2.54. The summed E-state index contributed by atoms with van der Waals surface area (Å²) in [6.45, 7) is 2.42. The largest absolute Gasteiger partial charge is 0.479 e. The molecule has 1 aliphatic rings. The standard InChI is InChI=1S/C12H15N3O3/c1-2-18-12(17)10-11(16)15(14-13-10)8-9-6-4-3-5-7-9/h3-7,13-14,17H,2,8H2,1H3. The van der Waals surface area contributed by atoms with Crippen molar-refractivity contribution >= 4 is 5.91 Å². The van der Waals surface area contributed by atoms with Crippen molar-refractivity contribution < 1.29 is 14.6 Å². The van der Waals surface area contributed by atoms with Crippen LogP contribution in [0.3, 0.4) is 0 Å². The van der Waals surface area contributed by atoms with Crippen LogP contribution in [-0.4, -0.2) is 22.6 Å². The van der Waals surface area contributed by atoms with Gasteiger partial charge in [-0.3, -0.25) is 10.2 Å². The Balaban J connectivity index is 2.06. The Morgan fingerprint density at radius 1 is 1.39 bits per heavy atom. The predicted molar refractivity (Wildman–Crippen MR) is 64.5 cm³/mol. The fraction of sp³-hybridized carbons (Fsp3) is 0.250. The SMILES string of the molecule is CCOC(O)=C1NNN(Cc2ccccc2)C1=O. The molecule has 2 rings (SSSR count). The van der Waals surface area contributed by atoms with Crippen molar-refractivity contribution in [2.45, 2.75) is 13.5 Å². The predicted octanol–water partition coefficient (Wildman–Crippen LogP) is 0.802. The number of rotatable bonds is 4. The summed E-state index contributed by atoms with van der Waals surface area (Å²) in [6.07, 6.45) is 0.